The highest BCUT2D eigenvalue weighted by Gasteiger charge is 2.09. The van der Waals surface area contributed by atoms with Crippen molar-refractivity contribution in [2.75, 3.05) is 0 Å². The molecule has 7 heteroatoms. The minimum Gasteiger partial charge on any atom is -0.453 e. The first-order chi connectivity index (χ1) is 7.70. The number of halogens is 1. The molecular formula is C9H11BrN4OS. The van der Waals surface area contributed by atoms with Gasteiger partial charge in [-0.15, -0.1) is 10.2 Å². The van der Waals surface area contributed by atoms with E-state index in [2.05, 4.69) is 26.1 Å². The average Bonchev–Trinajstić information content (AvgIpc) is 2.83. The lowest BCUT2D eigenvalue weighted by Crippen LogP contribution is -2.05. The number of nitrogens with zero attached hydrogens (tertiary/aromatic N) is 3. The lowest BCUT2D eigenvalue weighted by Gasteiger charge is -2.00. The van der Waals surface area contributed by atoms with Gasteiger partial charge in [0.2, 0.25) is 0 Å². The second-order valence-electron chi connectivity index (χ2n) is 3.16. The molecule has 16 heavy (non-hydrogen) atoms. The number of furan rings is 1. The molecule has 2 heterocycles. The zero-order valence-corrected chi connectivity index (χ0v) is 11.1. The van der Waals surface area contributed by atoms with Crippen LogP contribution in [0, 0.1) is 0 Å². The quantitative estimate of drug-likeness (QED) is 0.874. The zero-order valence-electron chi connectivity index (χ0n) is 8.68. The Kier molecular flexibility index (Phi) is 3.67. The second-order valence-corrected chi connectivity index (χ2v) is 4.88. The van der Waals surface area contributed by atoms with Crippen LogP contribution in [-0.2, 0) is 19.3 Å². The molecule has 0 saturated heterocycles. The second kappa shape index (κ2) is 5.03. The molecule has 0 aliphatic rings. The summed E-state index contributed by atoms with van der Waals surface area (Å²) in [7, 11) is 1.91. The van der Waals surface area contributed by atoms with E-state index < -0.39 is 0 Å². The molecule has 86 valence electrons. The minimum absolute atomic E-state index is 0.399. The Morgan fingerprint density at radius 2 is 2.31 bits per heavy atom. The summed E-state index contributed by atoms with van der Waals surface area (Å²) in [4.78, 5) is 0. The first kappa shape index (κ1) is 11.7. The Morgan fingerprint density at radius 1 is 1.50 bits per heavy atom. The Labute approximate surface area is 106 Å². The minimum atomic E-state index is 0.399. The molecule has 0 radical (unpaired) electrons. The van der Waals surface area contributed by atoms with Gasteiger partial charge >= 0.3 is 0 Å². The van der Waals surface area contributed by atoms with E-state index in [1.807, 2.05) is 23.7 Å². The van der Waals surface area contributed by atoms with Crippen LogP contribution in [0.15, 0.2) is 26.4 Å². The summed E-state index contributed by atoms with van der Waals surface area (Å²) in [5.74, 6) is 2.40. The zero-order chi connectivity index (χ0) is 11.5. The van der Waals surface area contributed by atoms with Crippen molar-refractivity contribution in [3.05, 3.63) is 28.4 Å². The van der Waals surface area contributed by atoms with Gasteiger partial charge in [0.1, 0.15) is 11.6 Å². The van der Waals surface area contributed by atoms with Crippen molar-refractivity contribution in [3.8, 4) is 0 Å². The molecule has 0 unspecified atom stereocenters. The molecule has 0 atom stereocenters. The van der Waals surface area contributed by atoms with E-state index in [0.717, 1.165) is 27.2 Å². The number of hydrogen-bond donors (Lipinski definition) is 1. The van der Waals surface area contributed by atoms with Crippen LogP contribution in [-0.4, -0.2) is 14.8 Å². The van der Waals surface area contributed by atoms with E-state index in [4.69, 9.17) is 10.2 Å². The van der Waals surface area contributed by atoms with Gasteiger partial charge in [0.25, 0.3) is 0 Å². The maximum Gasteiger partial charge on any atom is 0.191 e. The maximum absolute atomic E-state index is 5.52. The number of nitrogens with two attached hydrogens (primary N) is 1. The fraction of sp³-hybridized carbons (Fsp3) is 0.333. The number of aromatic nitrogens is 3. The summed E-state index contributed by atoms with van der Waals surface area (Å²) >= 11 is 4.83. The van der Waals surface area contributed by atoms with Crippen molar-refractivity contribution in [1.29, 1.82) is 0 Å². The lowest BCUT2D eigenvalue weighted by atomic mass is 10.5. The molecule has 0 bridgehead atoms. The van der Waals surface area contributed by atoms with Crippen molar-refractivity contribution in [2.45, 2.75) is 17.5 Å². The first-order valence-electron chi connectivity index (χ1n) is 4.66. The van der Waals surface area contributed by atoms with E-state index in [0.29, 0.717) is 6.54 Å². The molecule has 2 N–H and O–H groups in total. The van der Waals surface area contributed by atoms with Crippen LogP contribution in [0.4, 0.5) is 0 Å². The summed E-state index contributed by atoms with van der Waals surface area (Å²) in [6, 6.07) is 3.80. The van der Waals surface area contributed by atoms with Crippen LogP contribution in [0.1, 0.15) is 11.6 Å². The highest BCUT2D eigenvalue weighted by atomic mass is 79.9. The number of hydrogen-bond acceptors (Lipinski definition) is 5. The Balaban J connectivity index is 2.02. The molecule has 0 fully saturated rings. The fourth-order valence-corrected chi connectivity index (χ4v) is 2.38. The van der Waals surface area contributed by atoms with Gasteiger partial charge in [-0.05, 0) is 28.1 Å². The van der Waals surface area contributed by atoms with Gasteiger partial charge in [0.15, 0.2) is 9.83 Å². The number of thioether (sulfide) groups is 1. The molecule has 0 aliphatic heterocycles. The average molecular weight is 303 g/mol. The van der Waals surface area contributed by atoms with E-state index >= 15 is 0 Å². The van der Waals surface area contributed by atoms with Gasteiger partial charge in [-0.2, -0.15) is 0 Å². The lowest BCUT2D eigenvalue weighted by molar-refractivity contribution is 0.506. The van der Waals surface area contributed by atoms with Crippen LogP contribution in [0.5, 0.6) is 0 Å². The van der Waals surface area contributed by atoms with Crippen LogP contribution in [0.2, 0.25) is 0 Å². The molecule has 2 aromatic heterocycles. The highest BCUT2D eigenvalue weighted by Crippen LogP contribution is 2.23. The van der Waals surface area contributed by atoms with Crippen molar-refractivity contribution >= 4 is 27.7 Å². The SMILES string of the molecule is Cn1c(CN)nnc1SCc1ccc(Br)o1. The fourth-order valence-electron chi connectivity index (χ4n) is 1.21. The first-order valence-corrected chi connectivity index (χ1v) is 6.44. The summed E-state index contributed by atoms with van der Waals surface area (Å²) in [6.07, 6.45) is 0. The molecule has 0 aromatic carbocycles. The molecule has 5 nitrogen and oxygen atoms in total. The van der Waals surface area contributed by atoms with Gasteiger partial charge in [0, 0.05) is 7.05 Å². The van der Waals surface area contributed by atoms with Crippen LogP contribution >= 0.6 is 27.7 Å². The maximum atomic E-state index is 5.52. The van der Waals surface area contributed by atoms with E-state index in [1.165, 1.54) is 0 Å². The molecule has 2 rings (SSSR count). The van der Waals surface area contributed by atoms with Crippen LogP contribution in [0.25, 0.3) is 0 Å². The van der Waals surface area contributed by atoms with Gasteiger partial charge in [-0.1, -0.05) is 11.8 Å². The third-order valence-electron chi connectivity index (χ3n) is 2.08. The Morgan fingerprint density at radius 3 is 2.88 bits per heavy atom. The number of rotatable bonds is 4. The van der Waals surface area contributed by atoms with Gasteiger partial charge in [0.05, 0.1) is 12.3 Å². The van der Waals surface area contributed by atoms with Crippen molar-refractivity contribution in [1.82, 2.24) is 14.8 Å². The Hall–Kier alpha value is -0.790. The van der Waals surface area contributed by atoms with Crippen LogP contribution in [0.3, 0.4) is 0 Å². The third kappa shape index (κ3) is 2.47. The standard InChI is InChI=1S/C9H11BrN4OS/c1-14-8(4-11)12-13-9(14)16-5-6-2-3-7(10)15-6/h2-3H,4-5,11H2,1H3. The highest BCUT2D eigenvalue weighted by molar-refractivity contribution is 9.10. The molecule has 2 aromatic rings. The van der Waals surface area contributed by atoms with E-state index in [9.17, 15) is 0 Å². The Bertz CT molecular complexity index is 482. The van der Waals surface area contributed by atoms with E-state index in [1.54, 1.807) is 11.8 Å². The van der Waals surface area contributed by atoms with Crippen molar-refractivity contribution in [2.24, 2.45) is 12.8 Å². The molecule has 0 amide bonds. The summed E-state index contributed by atoms with van der Waals surface area (Å²) in [5.41, 5.74) is 5.52. The van der Waals surface area contributed by atoms with Gasteiger partial charge in [-0.3, -0.25) is 0 Å². The monoisotopic (exact) mass is 302 g/mol. The van der Waals surface area contributed by atoms with Gasteiger partial charge < -0.3 is 14.7 Å². The third-order valence-corrected chi connectivity index (χ3v) is 3.55. The van der Waals surface area contributed by atoms with Crippen LogP contribution < -0.4 is 5.73 Å². The summed E-state index contributed by atoms with van der Waals surface area (Å²) in [6.45, 7) is 0.399. The van der Waals surface area contributed by atoms with Gasteiger partial charge in [-0.25, -0.2) is 0 Å². The smallest absolute Gasteiger partial charge is 0.191 e. The molecular weight excluding hydrogens is 292 g/mol. The topological polar surface area (TPSA) is 69.9 Å². The molecule has 0 aliphatic carbocycles. The largest absolute Gasteiger partial charge is 0.453 e. The summed E-state index contributed by atoms with van der Waals surface area (Å²) in [5, 5.41) is 8.87. The molecule has 0 saturated carbocycles. The predicted octanol–water partition coefficient (Wildman–Crippen LogP) is 1.92. The van der Waals surface area contributed by atoms with E-state index in [-0.39, 0.29) is 0 Å². The van der Waals surface area contributed by atoms with Crippen molar-refractivity contribution < 1.29 is 4.42 Å². The predicted molar refractivity (Wildman–Crippen MR) is 64.9 cm³/mol. The summed E-state index contributed by atoms with van der Waals surface area (Å²) < 4.78 is 8.02. The van der Waals surface area contributed by atoms with Crippen molar-refractivity contribution in [3.63, 3.8) is 0 Å². The molecule has 0 spiro atoms. The normalized spacial score (nSPS) is 10.9.